The summed E-state index contributed by atoms with van der Waals surface area (Å²) in [5, 5.41) is 0. The van der Waals surface area contributed by atoms with Crippen LogP contribution in [0.2, 0.25) is 0 Å². The van der Waals surface area contributed by atoms with Gasteiger partial charge in [0.1, 0.15) is 0 Å². The van der Waals surface area contributed by atoms with E-state index < -0.39 is 0 Å². The SMILES string of the molecule is Cc1ccc(CC(N)C(C)C)cc1. The highest BCUT2D eigenvalue weighted by Crippen LogP contribution is 2.09. The fourth-order valence-electron chi connectivity index (χ4n) is 1.23. The molecule has 13 heavy (non-hydrogen) atoms. The van der Waals surface area contributed by atoms with Crippen molar-refractivity contribution < 1.29 is 0 Å². The van der Waals surface area contributed by atoms with E-state index in [0.717, 1.165) is 6.42 Å². The summed E-state index contributed by atoms with van der Waals surface area (Å²) in [5.41, 5.74) is 8.63. The molecule has 0 saturated carbocycles. The maximum absolute atomic E-state index is 5.99. The van der Waals surface area contributed by atoms with E-state index in [4.69, 9.17) is 5.73 Å². The molecule has 0 radical (unpaired) electrons. The number of rotatable bonds is 3. The van der Waals surface area contributed by atoms with E-state index in [-0.39, 0.29) is 6.04 Å². The second-order valence-corrected chi connectivity index (χ2v) is 4.10. The summed E-state index contributed by atoms with van der Waals surface area (Å²) in [4.78, 5) is 0. The maximum atomic E-state index is 5.99. The molecule has 0 fully saturated rings. The lowest BCUT2D eigenvalue weighted by Crippen LogP contribution is -2.28. The van der Waals surface area contributed by atoms with Gasteiger partial charge in [-0.15, -0.1) is 0 Å². The van der Waals surface area contributed by atoms with Gasteiger partial charge in [-0.3, -0.25) is 0 Å². The van der Waals surface area contributed by atoms with Gasteiger partial charge in [0.05, 0.1) is 0 Å². The molecule has 0 aliphatic carbocycles. The van der Waals surface area contributed by atoms with Gasteiger partial charge in [-0.1, -0.05) is 43.7 Å². The predicted molar refractivity (Wildman–Crippen MR) is 57.7 cm³/mol. The smallest absolute Gasteiger partial charge is 0.0102 e. The van der Waals surface area contributed by atoms with Crippen molar-refractivity contribution in [2.75, 3.05) is 0 Å². The van der Waals surface area contributed by atoms with Crippen LogP contribution in [-0.2, 0) is 6.42 Å². The molecule has 0 amide bonds. The molecule has 1 aromatic carbocycles. The van der Waals surface area contributed by atoms with E-state index in [1.54, 1.807) is 0 Å². The Bertz CT molecular complexity index is 248. The summed E-state index contributed by atoms with van der Waals surface area (Å²) >= 11 is 0. The lowest BCUT2D eigenvalue weighted by atomic mass is 9.97. The van der Waals surface area contributed by atoms with Gasteiger partial charge in [0, 0.05) is 6.04 Å². The van der Waals surface area contributed by atoms with Crippen molar-refractivity contribution in [3.05, 3.63) is 35.4 Å². The van der Waals surface area contributed by atoms with Gasteiger partial charge in [0.15, 0.2) is 0 Å². The molecule has 0 heterocycles. The van der Waals surface area contributed by atoms with Crippen molar-refractivity contribution in [2.45, 2.75) is 33.2 Å². The molecule has 0 spiro atoms. The molecule has 1 nitrogen and oxygen atoms in total. The van der Waals surface area contributed by atoms with Crippen molar-refractivity contribution in [1.29, 1.82) is 0 Å². The van der Waals surface area contributed by atoms with E-state index in [2.05, 4.69) is 45.0 Å². The molecule has 0 saturated heterocycles. The second-order valence-electron chi connectivity index (χ2n) is 4.10. The highest BCUT2D eigenvalue weighted by atomic mass is 14.6. The van der Waals surface area contributed by atoms with Gasteiger partial charge in [-0.05, 0) is 24.8 Å². The van der Waals surface area contributed by atoms with Gasteiger partial charge in [0.25, 0.3) is 0 Å². The van der Waals surface area contributed by atoms with E-state index in [0.29, 0.717) is 5.92 Å². The normalized spacial score (nSPS) is 13.3. The first-order chi connectivity index (χ1) is 6.09. The topological polar surface area (TPSA) is 26.0 Å². The second kappa shape index (κ2) is 4.43. The lowest BCUT2D eigenvalue weighted by Gasteiger charge is -2.15. The first kappa shape index (κ1) is 10.3. The van der Waals surface area contributed by atoms with Gasteiger partial charge in [-0.25, -0.2) is 0 Å². The van der Waals surface area contributed by atoms with E-state index >= 15 is 0 Å². The Labute approximate surface area is 81.0 Å². The Morgan fingerprint density at radius 1 is 1.15 bits per heavy atom. The van der Waals surface area contributed by atoms with Crippen molar-refractivity contribution in [3.63, 3.8) is 0 Å². The van der Waals surface area contributed by atoms with Crippen molar-refractivity contribution in [2.24, 2.45) is 11.7 Å². The summed E-state index contributed by atoms with van der Waals surface area (Å²) in [6.07, 6.45) is 0.984. The minimum atomic E-state index is 0.280. The third kappa shape index (κ3) is 3.19. The maximum Gasteiger partial charge on any atom is 0.0102 e. The number of hydrogen-bond acceptors (Lipinski definition) is 1. The highest BCUT2D eigenvalue weighted by Gasteiger charge is 2.07. The van der Waals surface area contributed by atoms with Crippen LogP contribution in [0.15, 0.2) is 24.3 Å². The molecule has 1 heteroatoms. The average molecular weight is 177 g/mol. The minimum absolute atomic E-state index is 0.280. The Hall–Kier alpha value is -0.820. The minimum Gasteiger partial charge on any atom is -0.327 e. The van der Waals surface area contributed by atoms with Gasteiger partial charge in [0.2, 0.25) is 0 Å². The molecule has 1 unspecified atom stereocenters. The molecule has 1 atom stereocenters. The molecule has 72 valence electrons. The van der Waals surface area contributed by atoms with E-state index in [9.17, 15) is 0 Å². The van der Waals surface area contributed by atoms with Crippen molar-refractivity contribution >= 4 is 0 Å². The Balaban J connectivity index is 2.59. The van der Waals surface area contributed by atoms with Crippen LogP contribution in [0.25, 0.3) is 0 Å². The lowest BCUT2D eigenvalue weighted by molar-refractivity contribution is 0.490. The van der Waals surface area contributed by atoms with Crippen molar-refractivity contribution in [3.8, 4) is 0 Å². The van der Waals surface area contributed by atoms with E-state index in [1.165, 1.54) is 11.1 Å². The summed E-state index contributed by atoms with van der Waals surface area (Å²) in [6.45, 7) is 6.43. The van der Waals surface area contributed by atoms with Crippen LogP contribution in [0, 0.1) is 12.8 Å². The van der Waals surface area contributed by atoms with Gasteiger partial charge < -0.3 is 5.73 Å². The fourth-order valence-corrected chi connectivity index (χ4v) is 1.23. The van der Waals surface area contributed by atoms with Crippen LogP contribution in [0.5, 0.6) is 0 Å². The Morgan fingerprint density at radius 2 is 1.69 bits per heavy atom. The predicted octanol–water partition coefficient (Wildman–Crippen LogP) is 2.52. The van der Waals surface area contributed by atoms with Crippen LogP contribution in [0.3, 0.4) is 0 Å². The highest BCUT2D eigenvalue weighted by molar-refractivity contribution is 5.22. The summed E-state index contributed by atoms with van der Waals surface area (Å²) in [5.74, 6) is 0.557. The molecular formula is C12H19N. The number of benzene rings is 1. The molecule has 0 aliphatic heterocycles. The molecular weight excluding hydrogens is 158 g/mol. The first-order valence-electron chi connectivity index (χ1n) is 4.90. The van der Waals surface area contributed by atoms with E-state index in [1.807, 2.05) is 0 Å². The quantitative estimate of drug-likeness (QED) is 0.754. The molecule has 0 aromatic heterocycles. The largest absolute Gasteiger partial charge is 0.327 e. The van der Waals surface area contributed by atoms with Crippen LogP contribution in [-0.4, -0.2) is 6.04 Å². The zero-order chi connectivity index (χ0) is 9.84. The molecule has 2 N–H and O–H groups in total. The third-order valence-electron chi connectivity index (χ3n) is 2.45. The summed E-state index contributed by atoms with van der Waals surface area (Å²) in [7, 11) is 0. The number of hydrogen-bond donors (Lipinski definition) is 1. The monoisotopic (exact) mass is 177 g/mol. The Morgan fingerprint density at radius 3 is 2.15 bits per heavy atom. The molecule has 1 aromatic rings. The van der Waals surface area contributed by atoms with Crippen LogP contribution in [0.1, 0.15) is 25.0 Å². The number of nitrogens with two attached hydrogens (primary N) is 1. The van der Waals surface area contributed by atoms with Gasteiger partial charge >= 0.3 is 0 Å². The van der Waals surface area contributed by atoms with Gasteiger partial charge in [-0.2, -0.15) is 0 Å². The average Bonchev–Trinajstić information content (AvgIpc) is 2.08. The summed E-state index contributed by atoms with van der Waals surface area (Å²) < 4.78 is 0. The van der Waals surface area contributed by atoms with Crippen molar-refractivity contribution in [1.82, 2.24) is 0 Å². The standard InChI is InChI=1S/C12H19N/c1-9(2)12(13)8-11-6-4-10(3)5-7-11/h4-7,9,12H,8,13H2,1-3H3. The molecule has 0 aliphatic rings. The zero-order valence-corrected chi connectivity index (χ0v) is 8.75. The summed E-state index contributed by atoms with van der Waals surface area (Å²) in [6, 6.07) is 8.89. The Kier molecular flexibility index (Phi) is 3.49. The van der Waals surface area contributed by atoms with Crippen LogP contribution < -0.4 is 5.73 Å². The third-order valence-corrected chi connectivity index (χ3v) is 2.45. The fraction of sp³-hybridized carbons (Fsp3) is 0.500. The van der Waals surface area contributed by atoms with Crippen LogP contribution >= 0.6 is 0 Å². The molecule has 0 bridgehead atoms. The number of aryl methyl sites for hydroxylation is 1. The first-order valence-corrected chi connectivity index (χ1v) is 4.90. The van der Waals surface area contributed by atoms with Crippen LogP contribution in [0.4, 0.5) is 0 Å². The zero-order valence-electron chi connectivity index (χ0n) is 8.75. The molecule has 1 rings (SSSR count).